The zero-order valence-corrected chi connectivity index (χ0v) is 26.1. The zero-order valence-electron chi connectivity index (χ0n) is 25.3. The molecule has 2 aromatic carbocycles. The maximum absolute atomic E-state index is 13.0. The van der Waals surface area contributed by atoms with E-state index < -0.39 is 17.9 Å². The fourth-order valence-corrected chi connectivity index (χ4v) is 6.66. The third-order valence-corrected chi connectivity index (χ3v) is 9.41. The lowest BCUT2D eigenvalue weighted by Crippen LogP contribution is -2.35. The van der Waals surface area contributed by atoms with Gasteiger partial charge in [0.05, 0.1) is 36.4 Å². The highest BCUT2D eigenvalue weighted by molar-refractivity contribution is 6.30. The molecule has 0 bridgehead atoms. The molecule has 0 spiro atoms. The summed E-state index contributed by atoms with van der Waals surface area (Å²) in [6.45, 7) is 5.55. The maximum Gasteiger partial charge on any atom is 0.471 e. The number of benzene rings is 2. The number of nitrogens with zero attached hydrogens (tertiary/aromatic N) is 6. The molecule has 2 fully saturated rings. The molecule has 10 nitrogen and oxygen atoms in total. The number of likely N-dealkylation sites (tertiary alicyclic amines) is 1. The predicted molar refractivity (Wildman–Crippen MR) is 164 cm³/mol. The van der Waals surface area contributed by atoms with Gasteiger partial charge in [0.25, 0.3) is 5.79 Å². The van der Waals surface area contributed by atoms with E-state index in [1.54, 1.807) is 12.3 Å². The SMILES string of the molecule is CC1(c2ccc(Cl)cc2)Oc2cccc(C3CCN(Cc4nc5cc(-c6noc(C(F)(F)F)n6)ncc5n4CC4CCO4)CC3)c2O1. The average molecular weight is 667 g/mol. The molecule has 244 valence electrons. The molecule has 0 N–H and O–H groups in total. The minimum atomic E-state index is -4.74. The minimum absolute atomic E-state index is 0.0732. The van der Waals surface area contributed by atoms with Gasteiger partial charge < -0.3 is 23.3 Å². The second-order valence-electron chi connectivity index (χ2n) is 12.3. The third-order valence-electron chi connectivity index (χ3n) is 9.16. The van der Waals surface area contributed by atoms with Crippen LogP contribution in [-0.4, -0.2) is 55.4 Å². The first-order valence-corrected chi connectivity index (χ1v) is 15.9. The molecule has 2 saturated heterocycles. The van der Waals surface area contributed by atoms with Gasteiger partial charge in [-0.05, 0) is 74.7 Å². The number of rotatable bonds is 7. The molecule has 2 atom stereocenters. The summed E-state index contributed by atoms with van der Waals surface area (Å²) < 4.78 is 64.2. The average Bonchev–Trinajstić information content (AvgIpc) is 3.75. The van der Waals surface area contributed by atoms with Crippen LogP contribution in [0.3, 0.4) is 0 Å². The van der Waals surface area contributed by atoms with Gasteiger partial charge in [-0.15, -0.1) is 0 Å². The van der Waals surface area contributed by atoms with Crippen LogP contribution in [0.25, 0.3) is 22.6 Å². The molecule has 0 radical (unpaired) electrons. The molecule has 0 amide bonds. The molecule has 3 aliphatic heterocycles. The molecule has 3 aromatic heterocycles. The Morgan fingerprint density at radius 2 is 1.81 bits per heavy atom. The summed E-state index contributed by atoms with van der Waals surface area (Å²) in [6.07, 6.45) is -0.263. The highest BCUT2D eigenvalue weighted by atomic mass is 35.5. The van der Waals surface area contributed by atoms with E-state index in [0.717, 1.165) is 72.9 Å². The van der Waals surface area contributed by atoms with E-state index in [-0.39, 0.29) is 17.6 Å². The number of fused-ring (bicyclic) bond motifs is 2. The van der Waals surface area contributed by atoms with E-state index in [1.807, 2.05) is 43.3 Å². The van der Waals surface area contributed by atoms with Crippen LogP contribution in [0.4, 0.5) is 13.2 Å². The van der Waals surface area contributed by atoms with Crippen molar-refractivity contribution in [1.29, 1.82) is 0 Å². The molecule has 5 aromatic rings. The fraction of sp³-hybridized carbons (Fsp3) is 0.394. The number of halogens is 4. The quantitative estimate of drug-likeness (QED) is 0.182. The number of hydrogen-bond acceptors (Lipinski definition) is 9. The minimum Gasteiger partial charge on any atom is -0.445 e. The monoisotopic (exact) mass is 666 g/mol. The highest BCUT2D eigenvalue weighted by Crippen LogP contribution is 2.49. The molecular formula is C33H30ClF3N6O4. The molecule has 3 aliphatic rings. The van der Waals surface area contributed by atoms with Gasteiger partial charge in [0.15, 0.2) is 11.5 Å². The number of imidazole rings is 1. The van der Waals surface area contributed by atoms with Crippen LogP contribution >= 0.6 is 11.6 Å². The van der Waals surface area contributed by atoms with Gasteiger partial charge in [0.1, 0.15) is 11.5 Å². The van der Waals surface area contributed by atoms with Crippen molar-refractivity contribution in [2.75, 3.05) is 19.7 Å². The predicted octanol–water partition coefficient (Wildman–Crippen LogP) is 6.97. The van der Waals surface area contributed by atoms with Crippen LogP contribution in [0.1, 0.15) is 54.9 Å². The fourth-order valence-electron chi connectivity index (χ4n) is 6.54. The number of hydrogen-bond donors (Lipinski definition) is 0. The summed E-state index contributed by atoms with van der Waals surface area (Å²) in [7, 11) is 0. The second kappa shape index (κ2) is 11.5. The normalized spacial score (nSPS) is 21.8. The summed E-state index contributed by atoms with van der Waals surface area (Å²) in [4.78, 5) is 15.1. The van der Waals surface area contributed by atoms with Crippen molar-refractivity contribution >= 4 is 22.6 Å². The number of pyridine rings is 1. The Labute approximate surface area is 272 Å². The summed E-state index contributed by atoms with van der Waals surface area (Å²) in [6, 6.07) is 15.2. The van der Waals surface area contributed by atoms with Crippen molar-refractivity contribution in [1.82, 2.24) is 29.6 Å². The number of piperidine rings is 1. The van der Waals surface area contributed by atoms with Crippen LogP contribution < -0.4 is 9.47 Å². The highest BCUT2D eigenvalue weighted by Gasteiger charge is 2.41. The summed E-state index contributed by atoms with van der Waals surface area (Å²) >= 11 is 6.11. The first kappa shape index (κ1) is 30.2. The number of para-hydroxylation sites is 1. The first-order valence-electron chi connectivity index (χ1n) is 15.5. The van der Waals surface area contributed by atoms with Gasteiger partial charge in [-0.2, -0.15) is 18.2 Å². The van der Waals surface area contributed by atoms with Crippen molar-refractivity contribution in [2.24, 2.45) is 0 Å². The number of alkyl halides is 3. The second-order valence-corrected chi connectivity index (χ2v) is 12.7. The van der Waals surface area contributed by atoms with Crippen LogP contribution in [0.2, 0.25) is 5.02 Å². The van der Waals surface area contributed by atoms with Gasteiger partial charge in [0.2, 0.25) is 5.82 Å². The standard InChI is InChI=1S/C33H30ClF3N6O4/c1-32(20-5-7-21(34)8-6-20)45-27-4-2-3-23(29(27)46-32)19-9-12-42(13-10-19)18-28-39-24-15-25(30-40-31(47-41-30)33(35,36)37)38-16-26(24)43(28)17-22-11-14-44-22/h2-8,15-16,19,22H,9-14,17-18H2,1H3. The van der Waals surface area contributed by atoms with Gasteiger partial charge in [-0.3, -0.25) is 9.88 Å². The molecular weight excluding hydrogens is 637 g/mol. The summed E-state index contributed by atoms with van der Waals surface area (Å²) in [5, 5.41) is 4.13. The van der Waals surface area contributed by atoms with Gasteiger partial charge in [-0.25, -0.2) is 4.98 Å². The third kappa shape index (κ3) is 5.70. The van der Waals surface area contributed by atoms with Crippen molar-refractivity contribution in [3.63, 3.8) is 0 Å². The smallest absolute Gasteiger partial charge is 0.445 e. The van der Waals surface area contributed by atoms with Crippen molar-refractivity contribution < 1.29 is 31.9 Å². The Balaban J connectivity index is 0.996. The maximum atomic E-state index is 13.0. The molecule has 0 saturated carbocycles. The van der Waals surface area contributed by atoms with Crippen LogP contribution in [0.5, 0.6) is 11.5 Å². The van der Waals surface area contributed by atoms with Crippen LogP contribution in [-0.2, 0) is 29.8 Å². The van der Waals surface area contributed by atoms with Crippen molar-refractivity contribution in [3.8, 4) is 23.0 Å². The Morgan fingerprint density at radius 1 is 1.02 bits per heavy atom. The number of ether oxygens (including phenoxy) is 3. The first-order chi connectivity index (χ1) is 22.6. The van der Waals surface area contributed by atoms with Gasteiger partial charge in [0, 0.05) is 29.7 Å². The van der Waals surface area contributed by atoms with E-state index in [2.05, 4.69) is 35.2 Å². The molecule has 8 rings (SSSR count). The molecule has 14 heteroatoms. The topological polar surface area (TPSA) is 101 Å². The van der Waals surface area contributed by atoms with E-state index in [0.29, 0.717) is 29.5 Å². The Hall–Kier alpha value is -4.20. The Kier molecular flexibility index (Phi) is 7.38. The molecule has 0 aliphatic carbocycles. The van der Waals surface area contributed by atoms with Gasteiger partial charge in [-0.1, -0.05) is 28.9 Å². The lowest BCUT2D eigenvalue weighted by molar-refractivity contribution is -0.159. The lowest BCUT2D eigenvalue weighted by atomic mass is 9.88. The van der Waals surface area contributed by atoms with E-state index >= 15 is 0 Å². The summed E-state index contributed by atoms with van der Waals surface area (Å²) in [5.74, 6) is 0.0642. The number of aromatic nitrogens is 5. The lowest BCUT2D eigenvalue weighted by Gasteiger charge is -2.33. The van der Waals surface area contributed by atoms with E-state index in [1.165, 1.54) is 0 Å². The van der Waals surface area contributed by atoms with Crippen LogP contribution in [0.15, 0.2) is 59.3 Å². The van der Waals surface area contributed by atoms with Gasteiger partial charge >= 0.3 is 12.1 Å². The molecule has 2 unspecified atom stereocenters. The molecule has 47 heavy (non-hydrogen) atoms. The zero-order chi connectivity index (χ0) is 32.3. The van der Waals surface area contributed by atoms with Crippen molar-refractivity contribution in [3.05, 3.63) is 82.6 Å². The Morgan fingerprint density at radius 3 is 2.51 bits per heavy atom. The Bertz CT molecular complexity index is 1940. The van der Waals surface area contributed by atoms with Crippen molar-refractivity contribution in [2.45, 2.75) is 63.3 Å². The molecule has 6 heterocycles. The largest absolute Gasteiger partial charge is 0.471 e. The van der Waals surface area contributed by atoms with Crippen LogP contribution in [0, 0.1) is 0 Å². The summed E-state index contributed by atoms with van der Waals surface area (Å²) in [5.41, 5.74) is 3.55. The van der Waals surface area contributed by atoms with E-state index in [4.69, 9.17) is 30.8 Å². The van der Waals surface area contributed by atoms with E-state index in [9.17, 15) is 13.2 Å².